The van der Waals surface area contributed by atoms with E-state index in [1.54, 1.807) is 12.4 Å². The summed E-state index contributed by atoms with van der Waals surface area (Å²) in [6.45, 7) is 1.04. The second-order valence-corrected chi connectivity index (χ2v) is 5.10. The molecule has 1 aliphatic heterocycles. The molecule has 0 aliphatic carbocycles. The molecule has 0 saturated carbocycles. The summed E-state index contributed by atoms with van der Waals surface area (Å²) in [5.41, 5.74) is 2.29. The maximum absolute atomic E-state index is 11.7. The van der Waals surface area contributed by atoms with Gasteiger partial charge in [0.05, 0.1) is 35.9 Å². The van der Waals surface area contributed by atoms with Crippen molar-refractivity contribution in [2.24, 2.45) is 4.99 Å². The molecule has 7 nitrogen and oxygen atoms in total. The summed E-state index contributed by atoms with van der Waals surface area (Å²) in [6.07, 6.45) is 2.84. The molecule has 8 heteroatoms. The number of amides is 1. The number of benzene rings is 1. The first-order chi connectivity index (χ1) is 10.2. The Morgan fingerprint density at radius 1 is 1.38 bits per heavy atom. The molecule has 1 aliphatic rings. The monoisotopic (exact) mass is 349 g/mol. The van der Waals surface area contributed by atoms with Gasteiger partial charge in [0.1, 0.15) is 5.52 Å². The SMILES string of the molecule is COC(=O)N1CCN=C1Nc1ccc2nccnc2c1Br. The van der Waals surface area contributed by atoms with Crippen LogP contribution in [0.3, 0.4) is 0 Å². The van der Waals surface area contributed by atoms with E-state index in [2.05, 4.69) is 36.2 Å². The number of ether oxygens (including phenoxy) is 1. The van der Waals surface area contributed by atoms with Crippen LogP contribution in [0.5, 0.6) is 0 Å². The van der Waals surface area contributed by atoms with Gasteiger partial charge in [0, 0.05) is 12.4 Å². The van der Waals surface area contributed by atoms with Crippen molar-refractivity contribution < 1.29 is 9.53 Å². The normalized spacial score (nSPS) is 14.2. The zero-order valence-electron chi connectivity index (χ0n) is 11.2. The van der Waals surface area contributed by atoms with Gasteiger partial charge in [0.2, 0.25) is 5.96 Å². The number of rotatable bonds is 1. The molecular weight excluding hydrogens is 338 g/mol. The van der Waals surface area contributed by atoms with Crippen LogP contribution in [0.25, 0.3) is 11.0 Å². The van der Waals surface area contributed by atoms with Crippen molar-refractivity contribution >= 4 is 44.7 Å². The average Bonchev–Trinajstić information content (AvgIpc) is 2.98. The van der Waals surface area contributed by atoms with Gasteiger partial charge in [0.25, 0.3) is 0 Å². The van der Waals surface area contributed by atoms with E-state index in [1.807, 2.05) is 12.1 Å². The van der Waals surface area contributed by atoms with E-state index in [0.717, 1.165) is 21.2 Å². The Kier molecular flexibility index (Phi) is 3.70. The largest absolute Gasteiger partial charge is 0.452 e. The summed E-state index contributed by atoms with van der Waals surface area (Å²) in [6, 6.07) is 3.71. The highest BCUT2D eigenvalue weighted by molar-refractivity contribution is 9.10. The zero-order chi connectivity index (χ0) is 14.8. The second kappa shape index (κ2) is 5.65. The van der Waals surface area contributed by atoms with Crippen LogP contribution in [0, 0.1) is 0 Å². The molecule has 1 amide bonds. The number of halogens is 1. The summed E-state index contributed by atoms with van der Waals surface area (Å²) in [5.74, 6) is 0.464. The number of methoxy groups -OCH3 is 1. The van der Waals surface area contributed by atoms with E-state index < -0.39 is 6.09 Å². The standard InChI is InChI=1S/C13H12BrN5O2/c1-21-13(20)19-7-6-17-12(19)18-8-2-3-9-11(10(8)14)16-5-4-15-9/h2-5H,6-7H2,1H3,(H,17,18). The summed E-state index contributed by atoms with van der Waals surface area (Å²) >= 11 is 3.51. The minimum Gasteiger partial charge on any atom is -0.452 e. The highest BCUT2D eigenvalue weighted by Gasteiger charge is 2.25. The number of guanidine groups is 1. The molecule has 3 rings (SSSR count). The number of carbonyl (C=O) groups is 1. The Bertz CT molecular complexity index is 734. The Morgan fingerprint density at radius 2 is 2.19 bits per heavy atom. The fourth-order valence-corrected chi connectivity index (χ4v) is 2.60. The lowest BCUT2D eigenvalue weighted by molar-refractivity contribution is 0.148. The van der Waals surface area contributed by atoms with Crippen LogP contribution < -0.4 is 5.32 Å². The van der Waals surface area contributed by atoms with Gasteiger partial charge in [0.15, 0.2) is 0 Å². The highest BCUT2D eigenvalue weighted by atomic mass is 79.9. The highest BCUT2D eigenvalue weighted by Crippen LogP contribution is 2.29. The van der Waals surface area contributed by atoms with Crippen LogP contribution in [0.1, 0.15) is 0 Å². The molecule has 1 N–H and O–H groups in total. The topological polar surface area (TPSA) is 79.7 Å². The first-order valence-corrected chi connectivity index (χ1v) is 7.06. The minimum absolute atomic E-state index is 0.435. The van der Waals surface area contributed by atoms with Crippen molar-refractivity contribution in [2.45, 2.75) is 0 Å². The molecule has 0 radical (unpaired) electrons. The third-order valence-corrected chi connectivity index (χ3v) is 3.86. The molecule has 0 fully saturated rings. The van der Waals surface area contributed by atoms with Crippen molar-refractivity contribution in [3.63, 3.8) is 0 Å². The van der Waals surface area contributed by atoms with Gasteiger partial charge in [-0.15, -0.1) is 0 Å². The van der Waals surface area contributed by atoms with Gasteiger partial charge < -0.3 is 10.1 Å². The van der Waals surface area contributed by atoms with Crippen LogP contribution in [0.15, 0.2) is 34.0 Å². The average molecular weight is 350 g/mol. The summed E-state index contributed by atoms with van der Waals surface area (Å²) < 4.78 is 5.51. The van der Waals surface area contributed by atoms with Crippen LogP contribution in [-0.2, 0) is 4.74 Å². The number of carbonyl (C=O) groups excluding carboxylic acids is 1. The van der Waals surface area contributed by atoms with E-state index in [9.17, 15) is 4.79 Å². The Balaban J connectivity index is 1.92. The van der Waals surface area contributed by atoms with Crippen LogP contribution in [0.4, 0.5) is 10.5 Å². The van der Waals surface area contributed by atoms with E-state index >= 15 is 0 Å². The lowest BCUT2D eigenvalue weighted by Gasteiger charge is -2.18. The molecule has 2 aromatic rings. The molecule has 21 heavy (non-hydrogen) atoms. The fourth-order valence-electron chi connectivity index (χ4n) is 2.06. The van der Waals surface area contributed by atoms with Crippen LogP contribution in [-0.4, -0.2) is 47.1 Å². The Hall–Kier alpha value is -2.22. The third-order valence-electron chi connectivity index (χ3n) is 3.06. The molecule has 1 aromatic heterocycles. The number of hydrogen-bond donors (Lipinski definition) is 1. The molecule has 0 spiro atoms. The number of aromatic nitrogens is 2. The number of nitrogens with one attached hydrogen (secondary N) is 1. The molecule has 0 unspecified atom stereocenters. The van der Waals surface area contributed by atoms with Crippen molar-refractivity contribution in [3.05, 3.63) is 29.0 Å². The van der Waals surface area contributed by atoms with Crippen molar-refractivity contribution in [2.75, 3.05) is 25.5 Å². The first kappa shape index (κ1) is 13.7. The molecule has 0 saturated heterocycles. The van der Waals surface area contributed by atoms with Crippen LogP contribution >= 0.6 is 15.9 Å². The zero-order valence-corrected chi connectivity index (χ0v) is 12.8. The Labute approximate surface area is 129 Å². The molecular formula is C13H12BrN5O2. The van der Waals surface area contributed by atoms with Gasteiger partial charge in [-0.1, -0.05) is 0 Å². The maximum Gasteiger partial charge on any atom is 0.416 e. The molecule has 0 atom stereocenters. The predicted octanol–water partition coefficient (Wildman–Crippen LogP) is 2.24. The van der Waals surface area contributed by atoms with E-state index in [0.29, 0.717) is 19.0 Å². The lowest BCUT2D eigenvalue weighted by atomic mass is 10.2. The van der Waals surface area contributed by atoms with E-state index in [1.165, 1.54) is 12.0 Å². The molecule has 1 aromatic carbocycles. The summed E-state index contributed by atoms with van der Waals surface area (Å²) in [5, 5.41) is 3.13. The smallest absolute Gasteiger partial charge is 0.416 e. The number of hydrogen-bond acceptors (Lipinski definition) is 6. The lowest BCUT2D eigenvalue weighted by Crippen LogP contribution is -2.38. The quantitative estimate of drug-likeness (QED) is 0.853. The molecule has 0 bridgehead atoms. The molecule has 2 heterocycles. The number of fused-ring (bicyclic) bond motifs is 1. The number of nitrogens with zero attached hydrogens (tertiary/aromatic N) is 4. The Morgan fingerprint density at radius 3 is 3.00 bits per heavy atom. The summed E-state index contributed by atoms with van der Waals surface area (Å²) in [4.78, 5) is 25.9. The van der Waals surface area contributed by atoms with Crippen molar-refractivity contribution in [1.29, 1.82) is 0 Å². The van der Waals surface area contributed by atoms with Crippen molar-refractivity contribution in [1.82, 2.24) is 14.9 Å². The fraction of sp³-hybridized carbons (Fsp3) is 0.231. The second-order valence-electron chi connectivity index (χ2n) is 4.30. The first-order valence-electron chi connectivity index (χ1n) is 6.27. The van der Waals surface area contributed by atoms with E-state index in [-0.39, 0.29) is 0 Å². The van der Waals surface area contributed by atoms with E-state index in [4.69, 9.17) is 4.74 Å². The van der Waals surface area contributed by atoms with Gasteiger partial charge in [-0.2, -0.15) is 0 Å². The van der Waals surface area contributed by atoms with Gasteiger partial charge in [-0.25, -0.2) is 9.69 Å². The third kappa shape index (κ3) is 2.54. The van der Waals surface area contributed by atoms with Gasteiger partial charge in [-0.3, -0.25) is 15.0 Å². The van der Waals surface area contributed by atoms with Gasteiger partial charge in [-0.05, 0) is 28.1 Å². The molecule has 108 valence electrons. The maximum atomic E-state index is 11.7. The number of aliphatic imine (C=N–C) groups is 1. The minimum atomic E-state index is -0.435. The van der Waals surface area contributed by atoms with Crippen molar-refractivity contribution in [3.8, 4) is 0 Å². The predicted molar refractivity (Wildman–Crippen MR) is 82.3 cm³/mol. The summed E-state index contributed by atoms with van der Waals surface area (Å²) in [7, 11) is 1.35. The van der Waals surface area contributed by atoms with Gasteiger partial charge >= 0.3 is 6.09 Å². The van der Waals surface area contributed by atoms with Crippen LogP contribution in [0.2, 0.25) is 0 Å². The number of anilines is 1.